The number of aromatic nitrogens is 2. The first kappa shape index (κ1) is 18.9. The number of rotatable bonds is 2. The lowest BCUT2D eigenvalue weighted by Crippen LogP contribution is -2.55. The summed E-state index contributed by atoms with van der Waals surface area (Å²) in [7, 11) is 0. The molecule has 0 amide bonds. The van der Waals surface area contributed by atoms with Crippen molar-refractivity contribution in [1.29, 1.82) is 0 Å². The molecule has 2 heterocycles. The van der Waals surface area contributed by atoms with Gasteiger partial charge in [0.05, 0.1) is 6.10 Å². The van der Waals surface area contributed by atoms with Crippen molar-refractivity contribution in [3.8, 4) is 0 Å². The molecule has 1 saturated heterocycles. The second kappa shape index (κ2) is 6.48. The van der Waals surface area contributed by atoms with Gasteiger partial charge in [-0.05, 0) is 39.5 Å². The Bertz CT molecular complexity index is 691. The molecule has 0 saturated carbocycles. The highest BCUT2D eigenvalue weighted by molar-refractivity contribution is 5.02. The van der Waals surface area contributed by atoms with Crippen LogP contribution in [0.15, 0.2) is 15.8 Å². The van der Waals surface area contributed by atoms with Crippen LogP contribution in [0.3, 0.4) is 0 Å². The second-order valence-corrected chi connectivity index (χ2v) is 9.03. The lowest BCUT2D eigenvalue weighted by Gasteiger charge is -2.46. The number of aryl methyl sites for hydroxylation is 1. The molecule has 2 atom stereocenters. The van der Waals surface area contributed by atoms with E-state index in [0.29, 0.717) is 12.1 Å². The SMILES string of the molecule is Cc1cn([C@H]2CN(C(C)(C)C)C[C@@H](CC(C)(C)C)O2)c(=O)[nH]c1=O. The van der Waals surface area contributed by atoms with Crippen LogP contribution in [-0.2, 0) is 4.74 Å². The van der Waals surface area contributed by atoms with E-state index in [1.165, 1.54) is 4.57 Å². The third-order valence-corrected chi connectivity index (χ3v) is 4.39. The van der Waals surface area contributed by atoms with Gasteiger partial charge >= 0.3 is 5.69 Å². The average Bonchev–Trinajstić information content (AvgIpc) is 2.39. The molecule has 2 rings (SSSR count). The van der Waals surface area contributed by atoms with E-state index >= 15 is 0 Å². The molecule has 1 aliphatic rings. The minimum atomic E-state index is -0.416. The summed E-state index contributed by atoms with van der Waals surface area (Å²) in [6.45, 7) is 16.3. The van der Waals surface area contributed by atoms with Gasteiger partial charge in [-0.1, -0.05) is 20.8 Å². The lowest BCUT2D eigenvalue weighted by atomic mass is 9.88. The van der Waals surface area contributed by atoms with Crippen molar-refractivity contribution in [1.82, 2.24) is 14.5 Å². The Morgan fingerprint density at radius 3 is 2.33 bits per heavy atom. The summed E-state index contributed by atoms with van der Waals surface area (Å²) in [5.41, 5.74) is -0.119. The van der Waals surface area contributed by atoms with Crippen LogP contribution in [0.25, 0.3) is 0 Å². The summed E-state index contributed by atoms with van der Waals surface area (Å²) in [5.74, 6) is 0. The van der Waals surface area contributed by atoms with Crippen LogP contribution in [0.2, 0.25) is 0 Å². The molecule has 6 nitrogen and oxygen atoms in total. The quantitative estimate of drug-likeness (QED) is 0.899. The number of hydrogen-bond acceptors (Lipinski definition) is 4. The molecule has 1 fully saturated rings. The van der Waals surface area contributed by atoms with Crippen LogP contribution in [0.1, 0.15) is 59.8 Å². The molecule has 0 bridgehead atoms. The van der Waals surface area contributed by atoms with Crippen molar-refractivity contribution in [3.63, 3.8) is 0 Å². The predicted molar refractivity (Wildman–Crippen MR) is 95.4 cm³/mol. The fourth-order valence-electron chi connectivity index (χ4n) is 3.11. The van der Waals surface area contributed by atoms with E-state index in [2.05, 4.69) is 51.4 Å². The standard InChI is InChI=1S/C18H31N3O3/c1-12-9-21(16(23)19-15(12)22)14-11-20(18(5,6)7)10-13(24-14)8-17(2,3)4/h9,13-14H,8,10-11H2,1-7H3,(H,19,22,23)/t13-,14-/m1/s1. The molecular weight excluding hydrogens is 306 g/mol. The van der Waals surface area contributed by atoms with Gasteiger partial charge in [0.1, 0.15) is 0 Å². The summed E-state index contributed by atoms with van der Waals surface area (Å²) >= 11 is 0. The Kier molecular flexibility index (Phi) is 5.11. The number of nitrogens with zero attached hydrogens (tertiary/aromatic N) is 2. The molecule has 1 aromatic rings. The van der Waals surface area contributed by atoms with Crippen molar-refractivity contribution >= 4 is 0 Å². The Hall–Kier alpha value is -1.40. The van der Waals surface area contributed by atoms with Crippen molar-refractivity contribution in [3.05, 3.63) is 32.6 Å². The van der Waals surface area contributed by atoms with E-state index in [1.807, 2.05) is 0 Å². The van der Waals surface area contributed by atoms with Gasteiger partial charge in [0.25, 0.3) is 5.56 Å². The van der Waals surface area contributed by atoms with Crippen molar-refractivity contribution in [2.75, 3.05) is 13.1 Å². The molecule has 0 aromatic carbocycles. The normalized spacial score (nSPS) is 23.5. The molecule has 6 heteroatoms. The van der Waals surface area contributed by atoms with E-state index in [4.69, 9.17) is 4.74 Å². The van der Waals surface area contributed by atoms with Crippen molar-refractivity contribution < 1.29 is 4.74 Å². The topological polar surface area (TPSA) is 67.3 Å². The zero-order chi connectivity index (χ0) is 18.3. The molecule has 0 aliphatic carbocycles. The highest BCUT2D eigenvalue weighted by Crippen LogP contribution is 2.31. The minimum absolute atomic E-state index is 0.0149. The van der Waals surface area contributed by atoms with E-state index in [1.54, 1.807) is 13.1 Å². The van der Waals surface area contributed by atoms with E-state index in [-0.39, 0.29) is 22.6 Å². The first-order valence-corrected chi connectivity index (χ1v) is 8.59. The molecule has 0 radical (unpaired) electrons. The van der Waals surface area contributed by atoms with Gasteiger partial charge in [0, 0.05) is 30.4 Å². The average molecular weight is 337 g/mol. The van der Waals surface area contributed by atoms with E-state index in [9.17, 15) is 9.59 Å². The number of H-pyrrole nitrogens is 1. The van der Waals surface area contributed by atoms with Crippen LogP contribution in [0, 0.1) is 12.3 Å². The summed E-state index contributed by atoms with van der Waals surface area (Å²) in [6, 6.07) is 0. The van der Waals surface area contributed by atoms with Crippen LogP contribution < -0.4 is 11.2 Å². The number of morpholine rings is 1. The predicted octanol–water partition coefficient (Wildman–Crippen LogP) is 2.28. The molecule has 1 N–H and O–H groups in total. The van der Waals surface area contributed by atoms with Gasteiger partial charge in [0.2, 0.25) is 0 Å². The minimum Gasteiger partial charge on any atom is -0.352 e. The van der Waals surface area contributed by atoms with Crippen LogP contribution in [0.4, 0.5) is 0 Å². The largest absolute Gasteiger partial charge is 0.352 e. The van der Waals surface area contributed by atoms with E-state index < -0.39 is 11.9 Å². The van der Waals surface area contributed by atoms with Crippen LogP contribution in [0.5, 0.6) is 0 Å². The Labute approximate surface area is 143 Å². The Balaban J connectivity index is 2.36. The highest BCUT2D eigenvalue weighted by Gasteiger charge is 2.36. The Morgan fingerprint density at radius 2 is 1.79 bits per heavy atom. The Morgan fingerprint density at radius 1 is 1.17 bits per heavy atom. The van der Waals surface area contributed by atoms with Crippen LogP contribution in [-0.4, -0.2) is 39.2 Å². The van der Waals surface area contributed by atoms with Gasteiger partial charge in [-0.3, -0.25) is 19.2 Å². The fraction of sp³-hybridized carbons (Fsp3) is 0.778. The van der Waals surface area contributed by atoms with Crippen molar-refractivity contribution in [2.24, 2.45) is 5.41 Å². The van der Waals surface area contributed by atoms with E-state index in [0.717, 1.165) is 13.0 Å². The molecule has 24 heavy (non-hydrogen) atoms. The summed E-state index contributed by atoms with van der Waals surface area (Å²) in [5, 5.41) is 0. The first-order valence-electron chi connectivity index (χ1n) is 8.59. The monoisotopic (exact) mass is 337 g/mol. The number of ether oxygens (including phenoxy) is 1. The molecule has 0 unspecified atom stereocenters. The number of nitrogens with one attached hydrogen (secondary N) is 1. The summed E-state index contributed by atoms with van der Waals surface area (Å²) < 4.78 is 7.77. The van der Waals surface area contributed by atoms with Gasteiger partial charge in [-0.2, -0.15) is 0 Å². The third-order valence-electron chi connectivity index (χ3n) is 4.39. The molecule has 0 spiro atoms. The van der Waals surface area contributed by atoms with Crippen molar-refractivity contribution in [2.45, 2.75) is 72.8 Å². The smallest absolute Gasteiger partial charge is 0.330 e. The zero-order valence-corrected chi connectivity index (χ0v) is 16.0. The molecule has 1 aliphatic heterocycles. The summed E-state index contributed by atoms with van der Waals surface area (Å²) in [4.78, 5) is 28.6. The number of aromatic amines is 1. The number of hydrogen-bond donors (Lipinski definition) is 1. The lowest BCUT2D eigenvalue weighted by molar-refractivity contribution is -0.150. The fourth-order valence-corrected chi connectivity index (χ4v) is 3.11. The van der Waals surface area contributed by atoms with Gasteiger partial charge in [-0.25, -0.2) is 4.79 Å². The molecular formula is C18H31N3O3. The van der Waals surface area contributed by atoms with Crippen LogP contribution >= 0.6 is 0 Å². The highest BCUT2D eigenvalue weighted by atomic mass is 16.5. The van der Waals surface area contributed by atoms with Gasteiger partial charge in [-0.15, -0.1) is 0 Å². The molecule has 1 aromatic heterocycles. The maximum atomic E-state index is 12.2. The maximum Gasteiger partial charge on any atom is 0.330 e. The third kappa shape index (κ3) is 4.57. The second-order valence-electron chi connectivity index (χ2n) is 9.03. The van der Waals surface area contributed by atoms with Gasteiger partial charge < -0.3 is 4.74 Å². The van der Waals surface area contributed by atoms with Gasteiger partial charge in [0.15, 0.2) is 6.23 Å². The summed E-state index contributed by atoms with van der Waals surface area (Å²) in [6.07, 6.45) is 2.16. The zero-order valence-electron chi connectivity index (χ0n) is 16.0. The first-order chi connectivity index (χ1) is 10.9. The molecule has 136 valence electrons. The maximum absolute atomic E-state index is 12.2.